The van der Waals surface area contributed by atoms with Crippen molar-refractivity contribution in [1.82, 2.24) is 29.8 Å². The van der Waals surface area contributed by atoms with Crippen LogP contribution < -0.4 is 5.32 Å². The Bertz CT molecular complexity index is 2000. The molecular weight excluding hydrogens is 1060 g/mol. The topological polar surface area (TPSA) is 80.8 Å². The molecule has 6 fully saturated rings. The summed E-state index contributed by atoms with van der Waals surface area (Å²) in [4.78, 5) is 38.4. The molecule has 9 rings (SSSR count). The Morgan fingerprint density at radius 2 is 1.13 bits per heavy atom. The maximum atomic E-state index is 13.7. The fraction of sp³-hybridized carbons (Fsp3) is 0.583. The summed E-state index contributed by atoms with van der Waals surface area (Å²) in [5, 5.41) is 5.57. The molecule has 4 heterocycles. The average molecular weight is 1120 g/mol. The second kappa shape index (κ2) is 32.9. The zero-order valence-corrected chi connectivity index (χ0v) is 56.1. The first-order chi connectivity index (χ1) is 31.5. The van der Waals surface area contributed by atoms with Crippen molar-refractivity contribution in [3.05, 3.63) is 104 Å². The van der Waals surface area contributed by atoms with Gasteiger partial charge in [-0.3, -0.25) is 24.3 Å². The van der Waals surface area contributed by atoms with Crippen LogP contribution in [0.4, 0.5) is 0 Å². The summed E-state index contributed by atoms with van der Waals surface area (Å²) < 4.78 is 12.0. The standard InChI is InChI=1S/C27H33Cl2N3O2.C20H27Cl2N3O2.CH4.ClH.4K/c1-30(15-20-7-8-20)24-17-34-18-25-27(24)32(12-11-31(25)16-19-5-3-2-4-6-19)26(33)14-21-9-10-22(28)23(29)13-21;1-24(10-13-2-3-13)18-12-27-11-17-20(18)25(7-6-23-17)19(26)9-14-4-5-15(21)16(22)8-14;;;;;;/h2-6,9-10,13,20,24-25,27H,7-8,11-12,14-18H2,1H3;4-5,8,13,17-18,20,23H,2-3,6-7,9-12H2,1H3;1H4;1H;;;;/t24-,25+,27+;17-,18+,20+;;;;;;/m01....../s1. The number of carbonyl (C=O) groups excluding carboxylic acids is 2. The fourth-order valence-electron chi connectivity index (χ4n) is 9.87. The van der Waals surface area contributed by atoms with E-state index in [-0.39, 0.29) is 67.9 Å². The SMILES string of the molecule is C.CN(CC1CC1)[C@H]1COC[C@@H]2[C@@H]1N(C(=O)Cc1ccc(Cl)c(Cl)c1)CCN2Cc1ccccc1.CN(CC1CC1)[C@H]1COC[C@H]2NCCN(C(=O)Cc3ccc(Cl)c(Cl)c3)[C@@H]21.Cl.[K][K].[K][K]. The van der Waals surface area contributed by atoms with Crippen molar-refractivity contribution in [3.8, 4) is 0 Å². The first-order valence-electron chi connectivity index (χ1n) is 24.1. The Balaban J connectivity index is 0.000000271. The number of nitrogens with one attached hydrogen (secondary N) is 1. The molecule has 3 aromatic carbocycles. The van der Waals surface area contributed by atoms with Gasteiger partial charge >= 0.3 is 126 Å². The predicted octanol–water partition coefficient (Wildman–Crippen LogP) is 6.34. The van der Waals surface area contributed by atoms with Crippen LogP contribution in [0.25, 0.3) is 0 Å². The van der Waals surface area contributed by atoms with E-state index in [0.717, 1.165) is 68.8 Å². The molecule has 2 amide bonds. The molecule has 0 spiro atoms. The molecule has 350 valence electrons. The van der Waals surface area contributed by atoms with Crippen molar-refractivity contribution in [2.45, 2.75) is 88.7 Å². The van der Waals surface area contributed by atoms with E-state index in [1.54, 1.807) is 18.2 Å². The number of halogens is 5. The molecule has 0 radical (unpaired) electrons. The molecule has 67 heavy (non-hydrogen) atoms. The Morgan fingerprint density at radius 1 is 0.642 bits per heavy atom. The van der Waals surface area contributed by atoms with Gasteiger partial charge in [0.15, 0.2) is 0 Å². The number of rotatable bonds is 12. The summed E-state index contributed by atoms with van der Waals surface area (Å²) in [7, 11) is 4.37. The summed E-state index contributed by atoms with van der Waals surface area (Å²) in [6.45, 7) is 8.80. The van der Waals surface area contributed by atoms with Crippen molar-refractivity contribution >= 4 is 197 Å². The third-order valence-corrected chi connectivity index (χ3v) is 15.0. The number of likely N-dealkylation sites (N-methyl/N-ethyl adjacent to an activating group) is 2. The van der Waals surface area contributed by atoms with Crippen LogP contribution in [0.1, 0.15) is 49.8 Å². The van der Waals surface area contributed by atoms with Crippen molar-refractivity contribution in [2.75, 3.05) is 79.8 Å². The molecule has 10 nitrogen and oxygen atoms in total. The van der Waals surface area contributed by atoms with Crippen molar-refractivity contribution in [2.24, 2.45) is 11.8 Å². The van der Waals surface area contributed by atoms with E-state index < -0.39 is 0 Å². The molecule has 0 aromatic heterocycles. The molecule has 0 bridgehead atoms. The third kappa shape index (κ3) is 19.1. The number of hydrogen-bond acceptors (Lipinski definition) is 8. The number of benzene rings is 3. The Labute approximate surface area is 517 Å². The van der Waals surface area contributed by atoms with E-state index in [1.807, 2.05) is 18.2 Å². The first kappa shape index (κ1) is 63.9. The number of amides is 2. The zero-order valence-electron chi connectivity index (χ0n) is 39.8. The number of nitrogens with zero attached hydrogens (tertiary/aromatic N) is 5. The van der Waals surface area contributed by atoms with Crippen LogP contribution in [-0.4, -0.2) is 279 Å². The van der Waals surface area contributed by atoms with Crippen molar-refractivity contribution in [3.63, 3.8) is 0 Å². The number of hydrogen-bond donors (Lipinski definition) is 1. The minimum atomic E-state index is 0. The summed E-state index contributed by atoms with van der Waals surface area (Å²) in [6, 6.07) is 22.5. The van der Waals surface area contributed by atoms with Gasteiger partial charge in [-0.1, -0.05) is 96.3 Å². The molecule has 0 unspecified atom stereocenters. The van der Waals surface area contributed by atoms with Crippen molar-refractivity contribution in [1.29, 1.82) is 0 Å². The van der Waals surface area contributed by atoms with Gasteiger partial charge in [-0.15, -0.1) is 12.4 Å². The Hall–Kier alpha value is 4.36. The molecule has 19 heteroatoms. The van der Waals surface area contributed by atoms with E-state index in [0.29, 0.717) is 59.4 Å². The first-order valence-corrected chi connectivity index (χ1v) is 57.6. The molecule has 1 N–H and O–H groups in total. The number of carbonyl (C=O) groups is 2. The van der Waals surface area contributed by atoms with Gasteiger partial charge in [-0.05, 0) is 92.6 Å². The van der Waals surface area contributed by atoms with Crippen LogP contribution in [0.3, 0.4) is 0 Å². The average Bonchev–Trinajstić information content (AvgIpc) is 4.28. The number of piperazine rings is 2. The molecule has 6 aliphatic rings. The monoisotopic (exact) mass is 1120 g/mol. The quantitative estimate of drug-likeness (QED) is 0.211. The maximum absolute atomic E-state index is 13.7. The van der Waals surface area contributed by atoms with Gasteiger partial charge in [0.05, 0.1) is 95.6 Å². The second-order valence-electron chi connectivity index (χ2n) is 18.1. The van der Waals surface area contributed by atoms with Gasteiger partial charge < -0.3 is 24.6 Å². The fourth-order valence-corrected chi connectivity index (χ4v) is 10.5. The Morgan fingerprint density at radius 3 is 1.64 bits per heavy atom. The van der Waals surface area contributed by atoms with Crippen LogP contribution in [0.5, 0.6) is 0 Å². The Kier molecular flexibility index (Phi) is 31.4. The van der Waals surface area contributed by atoms with Crippen LogP contribution in [0.15, 0.2) is 66.7 Å². The molecule has 2 saturated carbocycles. The third-order valence-electron chi connectivity index (χ3n) is 13.5. The van der Waals surface area contributed by atoms with Crippen LogP contribution in [0.2, 0.25) is 20.1 Å². The van der Waals surface area contributed by atoms with Crippen LogP contribution in [0, 0.1) is 11.8 Å². The van der Waals surface area contributed by atoms with Gasteiger partial charge in [0.25, 0.3) is 0 Å². The van der Waals surface area contributed by atoms with Crippen LogP contribution >= 0.6 is 58.8 Å². The van der Waals surface area contributed by atoms with Crippen LogP contribution in [-0.2, 0) is 38.4 Å². The molecule has 4 saturated heterocycles. The van der Waals surface area contributed by atoms with Gasteiger partial charge in [0.2, 0.25) is 11.8 Å². The molecular formula is C48H65Cl5K4N6O4. The number of fused-ring (bicyclic) bond motifs is 2. The number of ether oxygens (including phenoxy) is 2. The van der Waals surface area contributed by atoms with Gasteiger partial charge in [-0.2, -0.15) is 0 Å². The summed E-state index contributed by atoms with van der Waals surface area (Å²) >= 11 is 29.4. The normalized spacial score (nSPS) is 24.5. The van der Waals surface area contributed by atoms with E-state index >= 15 is 0 Å². The second-order valence-corrected chi connectivity index (χ2v) is 19.7. The van der Waals surface area contributed by atoms with E-state index in [9.17, 15) is 9.59 Å². The summed E-state index contributed by atoms with van der Waals surface area (Å²) in [5.74, 6) is 1.90. The molecule has 6 atom stereocenters. The van der Waals surface area contributed by atoms with Crippen molar-refractivity contribution < 1.29 is 19.1 Å². The molecule has 3 aromatic rings. The predicted molar refractivity (Wildman–Crippen MR) is 281 cm³/mol. The van der Waals surface area contributed by atoms with E-state index in [1.165, 1.54) is 158 Å². The van der Waals surface area contributed by atoms with Gasteiger partial charge in [-0.25, -0.2) is 0 Å². The van der Waals surface area contributed by atoms with E-state index in [2.05, 4.69) is 74.2 Å². The minimum absolute atomic E-state index is 0. The van der Waals surface area contributed by atoms with E-state index in [4.69, 9.17) is 55.9 Å². The summed E-state index contributed by atoms with van der Waals surface area (Å²) in [6.07, 6.45) is 5.95. The van der Waals surface area contributed by atoms with Gasteiger partial charge in [0.1, 0.15) is 0 Å². The molecule has 4 aliphatic heterocycles. The zero-order chi connectivity index (χ0) is 46.6. The summed E-state index contributed by atoms with van der Waals surface area (Å²) in [5.41, 5.74) is 3.10. The molecule has 2 aliphatic carbocycles. The van der Waals surface area contributed by atoms with Gasteiger partial charge in [0, 0.05) is 45.8 Å².